The maximum absolute atomic E-state index is 15.1. The standard InChI is InChI=1S/C21H18F5N3O4/c22-12-7-10(21(24,25)26)3-4-13(12)28-16-14(20(32)33-8-9-1-2-9)17-11(18(27)30)5-6-29(17)19(31)15(16)23/h3-4,7,9,11,28H,1-2,5-6,8H2,(H2,27,30). The van der Waals surface area contributed by atoms with Crippen LogP contribution in [0.3, 0.4) is 0 Å². The van der Waals surface area contributed by atoms with Gasteiger partial charge >= 0.3 is 12.1 Å². The summed E-state index contributed by atoms with van der Waals surface area (Å²) in [5.41, 5.74) is 0.823. The molecule has 1 aliphatic heterocycles. The van der Waals surface area contributed by atoms with Crippen LogP contribution in [0.4, 0.5) is 33.3 Å². The molecule has 0 saturated heterocycles. The normalized spacial score (nSPS) is 17.5. The number of esters is 1. The molecule has 1 unspecified atom stereocenters. The quantitative estimate of drug-likeness (QED) is 0.497. The average molecular weight is 471 g/mol. The van der Waals surface area contributed by atoms with Crippen molar-refractivity contribution in [2.75, 3.05) is 11.9 Å². The molecule has 33 heavy (non-hydrogen) atoms. The monoisotopic (exact) mass is 471 g/mol. The molecule has 4 rings (SSSR count). The zero-order valence-electron chi connectivity index (χ0n) is 17.0. The Balaban J connectivity index is 1.84. The number of hydrogen-bond acceptors (Lipinski definition) is 5. The van der Waals surface area contributed by atoms with Crippen molar-refractivity contribution in [3.8, 4) is 0 Å². The van der Waals surface area contributed by atoms with Crippen LogP contribution < -0.4 is 16.6 Å². The fourth-order valence-electron chi connectivity index (χ4n) is 3.77. The number of aromatic nitrogens is 1. The molecule has 1 aromatic heterocycles. The van der Waals surface area contributed by atoms with Crippen LogP contribution >= 0.6 is 0 Å². The Morgan fingerprint density at radius 3 is 2.45 bits per heavy atom. The Kier molecular flexibility index (Phi) is 5.62. The molecule has 0 bridgehead atoms. The number of hydrogen-bond donors (Lipinski definition) is 2. The van der Waals surface area contributed by atoms with Crippen molar-refractivity contribution in [2.24, 2.45) is 11.7 Å². The highest BCUT2D eigenvalue weighted by molar-refractivity contribution is 6.00. The second-order valence-electron chi connectivity index (χ2n) is 8.01. The first-order chi connectivity index (χ1) is 15.5. The maximum Gasteiger partial charge on any atom is 0.416 e. The third-order valence-electron chi connectivity index (χ3n) is 5.67. The molecule has 1 atom stereocenters. The van der Waals surface area contributed by atoms with Crippen LogP contribution in [0.2, 0.25) is 0 Å². The molecule has 0 radical (unpaired) electrons. The summed E-state index contributed by atoms with van der Waals surface area (Å²) in [6.45, 7) is -0.0646. The molecular weight excluding hydrogens is 453 g/mol. The minimum Gasteiger partial charge on any atom is -0.462 e. The first kappa shape index (κ1) is 22.7. The first-order valence-electron chi connectivity index (χ1n) is 10.1. The predicted molar refractivity (Wildman–Crippen MR) is 105 cm³/mol. The van der Waals surface area contributed by atoms with E-state index in [4.69, 9.17) is 10.5 Å². The Morgan fingerprint density at radius 2 is 1.88 bits per heavy atom. The lowest BCUT2D eigenvalue weighted by atomic mass is 9.98. The summed E-state index contributed by atoms with van der Waals surface area (Å²) >= 11 is 0. The number of ether oxygens (including phenoxy) is 1. The second kappa shape index (κ2) is 8.16. The number of halogens is 5. The number of carbonyl (C=O) groups excluding carboxylic acids is 2. The van der Waals surface area contributed by atoms with E-state index in [2.05, 4.69) is 5.32 Å². The van der Waals surface area contributed by atoms with Crippen LogP contribution in [0.1, 0.15) is 46.8 Å². The molecule has 3 N–H and O–H groups in total. The average Bonchev–Trinajstić information content (AvgIpc) is 3.47. The van der Waals surface area contributed by atoms with Gasteiger partial charge in [-0.25, -0.2) is 9.18 Å². The fourth-order valence-corrected chi connectivity index (χ4v) is 3.77. The number of nitrogens with two attached hydrogens (primary N) is 1. The lowest BCUT2D eigenvalue weighted by Crippen LogP contribution is -2.30. The summed E-state index contributed by atoms with van der Waals surface area (Å²) in [6, 6.07) is 1.45. The summed E-state index contributed by atoms with van der Waals surface area (Å²) in [5.74, 6) is -5.77. The van der Waals surface area contributed by atoms with E-state index in [9.17, 15) is 31.9 Å². The van der Waals surface area contributed by atoms with Crippen molar-refractivity contribution < 1.29 is 36.3 Å². The molecule has 1 amide bonds. The smallest absolute Gasteiger partial charge is 0.416 e. The van der Waals surface area contributed by atoms with E-state index in [0.29, 0.717) is 12.1 Å². The van der Waals surface area contributed by atoms with E-state index in [1.165, 1.54) is 0 Å². The van der Waals surface area contributed by atoms with Crippen LogP contribution in [0, 0.1) is 17.6 Å². The number of primary amides is 1. The molecule has 2 heterocycles. The van der Waals surface area contributed by atoms with Gasteiger partial charge in [-0.15, -0.1) is 0 Å². The van der Waals surface area contributed by atoms with Gasteiger partial charge in [0.1, 0.15) is 11.4 Å². The van der Waals surface area contributed by atoms with Crippen molar-refractivity contribution >= 4 is 23.3 Å². The predicted octanol–water partition coefficient (Wildman–Crippen LogP) is 3.43. The van der Waals surface area contributed by atoms with Crippen molar-refractivity contribution in [3.63, 3.8) is 0 Å². The third-order valence-corrected chi connectivity index (χ3v) is 5.67. The SMILES string of the molecule is NC(=O)C1CCn2c1c(C(=O)OCC1CC1)c(Nc1ccc(C(F)(F)F)cc1F)c(F)c2=O. The van der Waals surface area contributed by atoms with E-state index in [0.717, 1.165) is 17.4 Å². The van der Waals surface area contributed by atoms with Gasteiger partial charge < -0.3 is 20.4 Å². The van der Waals surface area contributed by atoms with Gasteiger partial charge in [-0.3, -0.25) is 9.59 Å². The molecule has 7 nitrogen and oxygen atoms in total. The highest BCUT2D eigenvalue weighted by atomic mass is 19.4. The van der Waals surface area contributed by atoms with Crippen LogP contribution in [-0.2, 0) is 22.3 Å². The largest absolute Gasteiger partial charge is 0.462 e. The van der Waals surface area contributed by atoms with Gasteiger partial charge in [0.25, 0.3) is 5.56 Å². The molecule has 176 valence electrons. The Morgan fingerprint density at radius 1 is 1.18 bits per heavy atom. The summed E-state index contributed by atoms with van der Waals surface area (Å²) < 4.78 is 74.1. The van der Waals surface area contributed by atoms with Gasteiger partial charge in [0.2, 0.25) is 11.7 Å². The summed E-state index contributed by atoms with van der Waals surface area (Å²) in [5, 5.41) is 2.22. The van der Waals surface area contributed by atoms with Gasteiger partial charge in [0.15, 0.2) is 0 Å². The van der Waals surface area contributed by atoms with Crippen molar-refractivity contribution in [3.05, 3.63) is 57.0 Å². The van der Waals surface area contributed by atoms with Gasteiger partial charge in [0, 0.05) is 6.54 Å². The summed E-state index contributed by atoms with van der Waals surface area (Å²) in [4.78, 5) is 37.4. The lowest BCUT2D eigenvalue weighted by molar-refractivity contribution is -0.137. The molecular formula is C21H18F5N3O4. The zero-order chi connectivity index (χ0) is 24.1. The molecule has 0 spiro atoms. The highest BCUT2D eigenvalue weighted by Crippen LogP contribution is 2.38. The Labute approximate surface area is 183 Å². The number of nitrogens with one attached hydrogen (secondary N) is 1. The fraction of sp³-hybridized carbons (Fsp3) is 0.381. The molecule has 12 heteroatoms. The van der Waals surface area contributed by atoms with E-state index in [1.807, 2.05) is 0 Å². The van der Waals surface area contributed by atoms with Crippen molar-refractivity contribution in [1.82, 2.24) is 4.57 Å². The van der Waals surface area contributed by atoms with Crippen LogP contribution in [0.5, 0.6) is 0 Å². The third kappa shape index (κ3) is 4.29. The van der Waals surface area contributed by atoms with Crippen molar-refractivity contribution in [2.45, 2.75) is 37.9 Å². The van der Waals surface area contributed by atoms with E-state index in [-0.39, 0.29) is 37.3 Å². The number of alkyl halides is 3. The summed E-state index contributed by atoms with van der Waals surface area (Å²) in [6.07, 6.45) is -3.12. The maximum atomic E-state index is 15.1. The Bertz CT molecular complexity index is 1200. The first-order valence-corrected chi connectivity index (χ1v) is 10.1. The number of pyridine rings is 1. The molecule has 1 saturated carbocycles. The van der Waals surface area contributed by atoms with E-state index >= 15 is 4.39 Å². The molecule has 1 fully saturated rings. The lowest BCUT2D eigenvalue weighted by Gasteiger charge is -2.19. The van der Waals surface area contributed by atoms with E-state index in [1.54, 1.807) is 0 Å². The van der Waals surface area contributed by atoms with Crippen molar-refractivity contribution in [1.29, 1.82) is 0 Å². The van der Waals surface area contributed by atoms with Gasteiger partial charge in [-0.05, 0) is 43.4 Å². The van der Waals surface area contributed by atoms with Crippen LogP contribution in [0.25, 0.3) is 0 Å². The zero-order valence-corrected chi connectivity index (χ0v) is 17.0. The number of nitrogens with zero attached hydrogens (tertiary/aromatic N) is 1. The Hall–Kier alpha value is -3.44. The highest BCUT2D eigenvalue weighted by Gasteiger charge is 2.38. The number of amides is 1. The number of fused-ring (bicyclic) bond motifs is 1. The molecule has 2 aromatic rings. The second-order valence-corrected chi connectivity index (χ2v) is 8.01. The van der Waals surface area contributed by atoms with E-state index < -0.39 is 63.7 Å². The number of benzene rings is 1. The number of anilines is 2. The molecule has 1 aliphatic carbocycles. The van der Waals surface area contributed by atoms with Gasteiger partial charge in [0.05, 0.1) is 35.2 Å². The van der Waals surface area contributed by atoms with Gasteiger partial charge in [-0.1, -0.05) is 0 Å². The summed E-state index contributed by atoms with van der Waals surface area (Å²) in [7, 11) is 0. The minimum absolute atomic E-state index is 0.0222. The van der Waals surface area contributed by atoms with Crippen LogP contribution in [-0.4, -0.2) is 23.1 Å². The van der Waals surface area contributed by atoms with Crippen LogP contribution in [0.15, 0.2) is 23.0 Å². The number of carbonyl (C=O) groups is 2. The number of rotatable bonds is 6. The molecule has 1 aromatic carbocycles. The topological polar surface area (TPSA) is 103 Å². The van der Waals surface area contributed by atoms with Gasteiger partial charge in [-0.2, -0.15) is 17.6 Å². The molecule has 2 aliphatic rings. The minimum atomic E-state index is -4.82.